The van der Waals surface area contributed by atoms with E-state index in [0.29, 0.717) is 11.3 Å². The van der Waals surface area contributed by atoms with Crippen molar-refractivity contribution in [1.29, 1.82) is 0 Å². The average molecular weight is 284 g/mol. The lowest BCUT2D eigenvalue weighted by Crippen LogP contribution is -2.12. The van der Waals surface area contributed by atoms with Crippen LogP contribution in [0.2, 0.25) is 0 Å². The first-order chi connectivity index (χ1) is 10.1. The lowest BCUT2D eigenvalue weighted by atomic mass is 10.1. The molecule has 1 aromatic carbocycles. The molecule has 0 radical (unpaired) electrons. The molecule has 4 nitrogen and oxygen atoms in total. The van der Waals surface area contributed by atoms with Gasteiger partial charge < -0.3 is 10.4 Å². The molecule has 0 fully saturated rings. The molecule has 1 aromatic heterocycles. The van der Waals surface area contributed by atoms with Crippen molar-refractivity contribution in [3.05, 3.63) is 59.2 Å². The molecule has 0 aliphatic carbocycles. The standard InChI is InChI=1S/C16H13FN2O2/c1-11-4-5-15(8-12(11)3-2-6-20)19-16(21)13-7-14(17)10-18-9-13/h4-5,7-10,20H,6H2,1H3,(H,19,21). The van der Waals surface area contributed by atoms with Gasteiger partial charge in [-0.25, -0.2) is 4.39 Å². The summed E-state index contributed by atoms with van der Waals surface area (Å²) in [6, 6.07) is 6.34. The molecule has 2 N–H and O–H groups in total. The summed E-state index contributed by atoms with van der Waals surface area (Å²) >= 11 is 0. The normalized spacial score (nSPS) is 9.67. The van der Waals surface area contributed by atoms with Crippen LogP contribution in [0.4, 0.5) is 10.1 Å². The Balaban J connectivity index is 2.21. The smallest absolute Gasteiger partial charge is 0.257 e. The van der Waals surface area contributed by atoms with Crippen LogP contribution in [-0.2, 0) is 0 Å². The highest BCUT2D eigenvalue weighted by atomic mass is 19.1. The number of halogens is 1. The Hall–Kier alpha value is -2.71. The second-order valence-electron chi connectivity index (χ2n) is 4.34. The molecule has 1 amide bonds. The van der Waals surface area contributed by atoms with E-state index in [9.17, 15) is 9.18 Å². The number of amides is 1. The van der Waals surface area contributed by atoms with Crippen LogP contribution < -0.4 is 5.32 Å². The first-order valence-electron chi connectivity index (χ1n) is 6.22. The van der Waals surface area contributed by atoms with Gasteiger partial charge in [0.05, 0.1) is 11.8 Å². The molecule has 0 saturated carbocycles. The fourth-order valence-corrected chi connectivity index (χ4v) is 1.71. The van der Waals surface area contributed by atoms with Gasteiger partial charge in [-0.3, -0.25) is 9.78 Å². The molecule has 2 rings (SSSR count). The molecule has 0 aliphatic rings. The predicted octanol–water partition coefficient (Wildman–Crippen LogP) is 2.13. The number of aliphatic hydroxyl groups excluding tert-OH is 1. The van der Waals surface area contributed by atoms with Gasteiger partial charge in [-0.2, -0.15) is 0 Å². The van der Waals surface area contributed by atoms with Crippen LogP contribution in [0.25, 0.3) is 0 Å². The second kappa shape index (κ2) is 6.64. The lowest BCUT2D eigenvalue weighted by Gasteiger charge is -2.07. The van der Waals surface area contributed by atoms with E-state index in [1.165, 1.54) is 6.20 Å². The van der Waals surface area contributed by atoms with E-state index in [4.69, 9.17) is 5.11 Å². The maximum Gasteiger partial charge on any atom is 0.257 e. The zero-order valence-electron chi connectivity index (χ0n) is 11.4. The molecule has 0 atom stereocenters. The van der Waals surface area contributed by atoms with E-state index in [2.05, 4.69) is 22.1 Å². The average Bonchev–Trinajstić information content (AvgIpc) is 2.47. The molecular weight excluding hydrogens is 271 g/mol. The summed E-state index contributed by atoms with van der Waals surface area (Å²) in [5, 5.41) is 11.4. The van der Waals surface area contributed by atoms with Gasteiger partial charge in [-0.1, -0.05) is 17.9 Å². The summed E-state index contributed by atoms with van der Waals surface area (Å²) in [5.74, 6) is 4.34. The highest BCUT2D eigenvalue weighted by Crippen LogP contribution is 2.15. The maximum atomic E-state index is 13.0. The second-order valence-corrected chi connectivity index (χ2v) is 4.34. The molecule has 2 aromatic rings. The number of rotatable bonds is 2. The fraction of sp³-hybridized carbons (Fsp3) is 0.125. The molecule has 0 aliphatic heterocycles. The Labute approximate surface area is 121 Å². The highest BCUT2D eigenvalue weighted by Gasteiger charge is 2.08. The molecule has 0 unspecified atom stereocenters. The third-order valence-electron chi connectivity index (χ3n) is 2.76. The van der Waals surface area contributed by atoms with Gasteiger partial charge in [-0.15, -0.1) is 0 Å². The third kappa shape index (κ3) is 3.88. The summed E-state index contributed by atoms with van der Waals surface area (Å²) in [7, 11) is 0. The van der Waals surface area contributed by atoms with Gasteiger partial charge in [-0.05, 0) is 30.7 Å². The van der Waals surface area contributed by atoms with Crippen LogP contribution in [0.15, 0.2) is 36.7 Å². The zero-order valence-corrected chi connectivity index (χ0v) is 11.4. The Morgan fingerprint density at radius 1 is 1.38 bits per heavy atom. The minimum Gasteiger partial charge on any atom is -0.384 e. The monoisotopic (exact) mass is 284 g/mol. The van der Waals surface area contributed by atoms with Gasteiger partial charge in [0.1, 0.15) is 12.4 Å². The number of hydrogen-bond acceptors (Lipinski definition) is 3. The molecular formula is C16H13FN2O2. The summed E-state index contributed by atoms with van der Waals surface area (Å²) in [5.41, 5.74) is 2.32. The van der Waals surface area contributed by atoms with E-state index in [0.717, 1.165) is 17.8 Å². The van der Waals surface area contributed by atoms with E-state index in [-0.39, 0.29) is 12.2 Å². The summed E-state index contributed by atoms with van der Waals surface area (Å²) < 4.78 is 13.0. The SMILES string of the molecule is Cc1ccc(NC(=O)c2cncc(F)c2)cc1C#CCO. The fourth-order valence-electron chi connectivity index (χ4n) is 1.71. The molecule has 0 bridgehead atoms. The maximum absolute atomic E-state index is 13.0. The van der Waals surface area contributed by atoms with E-state index in [1.807, 2.05) is 6.92 Å². The number of nitrogens with one attached hydrogen (secondary N) is 1. The number of aromatic nitrogens is 1. The van der Waals surface area contributed by atoms with Crippen molar-refractivity contribution in [2.24, 2.45) is 0 Å². The van der Waals surface area contributed by atoms with Crippen molar-refractivity contribution >= 4 is 11.6 Å². The molecule has 1 heterocycles. The Kier molecular flexibility index (Phi) is 4.64. The number of nitrogens with zero attached hydrogens (tertiary/aromatic N) is 1. The number of aryl methyl sites for hydroxylation is 1. The number of hydrogen-bond donors (Lipinski definition) is 2. The number of carbonyl (C=O) groups is 1. The van der Waals surface area contributed by atoms with Gasteiger partial charge in [0.15, 0.2) is 0 Å². The largest absolute Gasteiger partial charge is 0.384 e. The van der Waals surface area contributed by atoms with Crippen LogP contribution >= 0.6 is 0 Å². The number of pyridine rings is 1. The molecule has 106 valence electrons. The number of aliphatic hydroxyl groups is 1. The van der Waals surface area contributed by atoms with Crippen molar-refractivity contribution in [1.82, 2.24) is 4.98 Å². The lowest BCUT2D eigenvalue weighted by molar-refractivity contribution is 0.102. The van der Waals surface area contributed by atoms with Crippen molar-refractivity contribution in [2.75, 3.05) is 11.9 Å². The summed E-state index contributed by atoms with van der Waals surface area (Å²) in [4.78, 5) is 15.6. The molecule has 0 spiro atoms. The van der Waals surface area contributed by atoms with Gasteiger partial charge >= 0.3 is 0 Å². The Morgan fingerprint density at radius 2 is 2.19 bits per heavy atom. The first kappa shape index (κ1) is 14.7. The minimum atomic E-state index is -0.568. The molecule has 0 saturated heterocycles. The minimum absolute atomic E-state index is 0.138. The van der Waals surface area contributed by atoms with Gasteiger partial charge in [0.2, 0.25) is 0 Å². The van der Waals surface area contributed by atoms with Crippen LogP contribution in [0, 0.1) is 24.6 Å². The first-order valence-corrected chi connectivity index (χ1v) is 6.22. The van der Waals surface area contributed by atoms with Crippen LogP contribution in [0.5, 0.6) is 0 Å². The molecule has 21 heavy (non-hydrogen) atoms. The predicted molar refractivity (Wildman–Crippen MR) is 77.3 cm³/mol. The van der Waals surface area contributed by atoms with Gasteiger partial charge in [0, 0.05) is 17.4 Å². The van der Waals surface area contributed by atoms with E-state index in [1.54, 1.807) is 18.2 Å². The van der Waals surface area contributed by atoms with Crippen LogP contribution in [-0.4, -0.2) is 22.6 Å². The molecule has 5 heteroatoms. The van der Waals surface area contributed by atoms with Crippen molar-refractivity contribution in [2.45, 2.75) is 6.92 Å². The van der Waals surface area contributed by atoms with Crippen molar-refractivity contribution < 1.29 is 14.3 Å². The number of anilines is 1. The Bertz CT molecular complexity index is 733. The van der Waals surface area contributed by atoms with Crippen LogP contribution in [0.3, 0.4) is 0 Å². The van der Waals surface area contributed by atoms with Crippen molar-refractivity contribution in [3.8, 4) is 11.8 Å². The zero-order chi connectivity index (χ0) is 15.2. The van der Waals surface area contributed by atoms with Gasteiger partial charge in [0.25, 0.3) is 5.91 Å². The highest BCUT2D eigenvalue weighted by molar-refractivity contribution is 6.04. The summed E-state index contributed by atoms with van der Waals surface area (Å²) in [6.07, 6.45) is 2.32. The van der Waals surface area contributed by atoms with Crippen LogP contribution in [0.1, 0.15) is 21.5 Å². The Morgan fingerprint density at radius 3 is 2.90 bits per heavy atom. The topological polar surface area (TPSA) is 62.2 Å². The third-order valence-corrected chi connectivity index (χ3v) is 2.76. The number of carbonyl (C=O) groups excluding carboxylic acids is 1. The quantitative estimate of drug-likeness (QED) is 0.830. The number of benzene rings is 1. The van der Waals surface area contributed by atoms with E-state index >= 15 is 0 Å². The summed E-state index contributed by atoms with van der Waals surface area (Å²) in [6.45, 7) is 1.65. The van der Waals surface area contributed by atoms with Crippen molar-refractivity contribution in [3.63, 3.8) is 0 Å². The van der Waals surface area contributed by atoms with E-state index < -0.39 is 11.7 Å².